The van der Waals surface area contributed by atoms with Gasteiger partial charge in [0.2, 0.25) is 0 Å². The Kier molecular flexibility index (Phi) is 5.18. The highest BCUT2D eigenvalue weighted by molar-refractivity contribution is 6.07. The topological polar surface area (TPSA) is 54.5 Å². The Balaban J connectivity index is 1.73. The van der Waals surface area contributed by atoms with Crippen LogP contribution in [0.5, 0.6) is 0 Å². The summed E-state index contributed by atoms with van der Waals surface area (Å²) >= 11 is 0. The Hall–Kier alpha value is -1.98. The van der Waals surface area contributed by atoms with Crippen molar-refractivity contribution in [2.24, 2.45) is 0 Å². The van der Waals surface area contributed by atoms with Crippen molar-refractivity contribution in [3.05, 3.63) is 41.1 Å². The Morgan fingerprint density at radius 3 is 3.08 bits per heavy atom. The van der Waals surface area contributed by atoms with Crippen molar-refractivity contribution in [2.75, 3.05) is 26.3 Å². The number of ether oxygens (including phenoxy) is 1. The summed E-state index contributed by atoms with van der Waals surface area (Å²) in [6, 6.07) is 8.22. The van der Waals surface area contributed by atoms with Gasteiger partial charge in [-0.05, 0) is 31.9 Å². The minimum atomic E-state index is 0.0460. The minimum Gasteiger partial charge on any atom is -0.381 e. The first-order valence-electron chi connectivity index (χ1n) is 9.77. The fourth-order valence-corrected chi connectivity index (χ4v) is 4.08. The van der Waals surface area contributed by atoms with Crippen LogP contribution in [-0.2, 0) is 17.7 Å². The van der Waals surface area contributed by atoms with E-state index in [1.165, 1.54) is 0 Å². The summed E-state index contributed by atoms with van der Waals surface area (Å²) in [5, 5.41) is 4.25. The van der Waals surface area contributed by atoms with Gasteiger partial charge in [0.25, 0.3) is 5.91 Å². The first kappa shape index (κ1) is 17.4. The van der Waals surface area contributed by atoms with E-state index in [1.807, 2.05) is 24.3 Å². The molecule has 1 amide bonds. The molecule has 0 bridgehead atoms. The van der Waals surface area contributed by atoms with Gasteiger partial charge in [0.1, 0.15) is 0 Å². The molecule has 4 rings (SSSR count). The highest BCUT2D eigenvalue weighted by atomic mass is 16.5. The number of carbonyl (C=O) groups is 1. The molecule has 5 heteroatoms. The molecule has 3 heterocycles. The summed E-state index contributed by atoms with van der Waals surface area (Å²) < 4.78 is 5.53. The molecule has 1 aromatic heterocycles. The van der Waals surface area contributed by atoms with Crippen molar-refractivity contribution in [3.8, 4) is 0 Å². The molecule has 1 saturated heterocycles. The molecule has 138 valence electrons. The lowest BCUT2D eigenvalue weighted by Gasteiger charge is -2.29. The van der Waals surface area contributed by atoms with E-state index in [0.29, 0.717) is 0 Å². The van der Waals surface area contributed by atoms with Crippen molar-refractivity contribution in [1.82, 2.24) is 15.2 Å². The highest BCUT2D eigenvalue weighted by Gasteiger charge is 2.26. The van der Waals surface area contributed by atoms with Crippen LogP contribution in [0.25, 0.3) is 10.9 Å². The van der Waals surface area contributed by atoms with E-state index in [9.17, 15) is 4.79 Å². The van der Waals surface area contributed by atoms with Gasteiger partial charge >= 0.3 is 0 Å². The van der Waals surface area contributed by atoms with Crippen molar-refractivity contribution >= 4 is 16.8 Å². The fraction of sp³-hybridized carbons (Fsp3) is 0.524. The molecular weight excluding hydrogens is 326 g/mol. The molecule has 5 nitrogen and oxygen atoms in total. The molecule has 1 fully saturated rings. The van der Waals surface area contributed by atoms with Crippen molar-refractivity contribution in [3.63, 3.8) is 0 Å². The maximum Gasteiger partial charge on any atom is 0.252 e. The zero-order chi connectivity index (χ0) is 17.9. The summed E-state index contributed by atoms with van der Waals surface area (Å²) in [5.74, 6) is 0.0460. The van der Waals surface area contributed by atoms with Gasteiger partial charge in [-0.2, -0.15) is 0 Å². The van der Waals surface area contributed by atoms with Gasteiger partial charge in [0, 0.05) is 55.4 Å². The lowest BCUT2D eigenvalue weighted by Crippen LogP contribution is -2.38. The zero-order valence-corrected chi connectivity index (χ0v) is 15.5. The molecule has 2 aliphatic heterocycles. The largest absolute Gasteiger partial charge is 0.381 e. The normalized spacial score (nSPS) is 21.2. The van der Waals surface area contributed by atoms with Crippen LogP contribution in [0.1, 0.15) is 47.8 Å². The summed E-state index contributed by atoms with van der Waals surface area (Å²) in [7, 11) is 0. The zero-order valence-electron chi connectivity index (χ0n) is 15.5. The van der Waals surface area contributed by atoms with Crippen LogP contribution in [0, 0.1) is 0 Å². The molecule has 0 spiro atoms. The van der Waals surface area contributed by atoms with E-state index in [4.69, 9.17) is 9.72 Å². The van der Waals surface area contributed by atoms with Crippen LogP contribution in [-0.4, -0.2) is 48.1 Å². The second-order valence-corrected chi connectivity index (χ2v) is 7.26. The minimum absolute atomic E-state index is 0.0460. The number of nitrogens with one attached hydrogen (secondary N) is 1. The molecule has 1 unspecified atom stereocenters. The molecule has 0 aliphatic carbocycles. The second kappa shape index (κ2) is 7.72. The van der Waals surface area contributed by atoms with Gasteiger partial charge in [-0.15, -0.1) is 0 Å². The molecule has 2 aliphatic rings. The van der Waals surface area contributed by atoms with Gasteiger partial charge < -0.3 is 10.1 Å². The number of amides is 1. The summed E-state index contributed by atoms with van der Waals surface area (Å²) in [6.45, 7) is 6.50. The third-order valence-corrected chi connectivity index (χ3v) is 5.59. The van der Waals surface area contributed by atoms with Crippen LogP contribution in [0.3, 0.4) is 0 Å². The fourth-order valence-electron chi connectivity index (χ4n) is 4.08. The maximum absolute atomic E-state index is 13.3. The Morgan fingerprint density at radius 2 is 2.19 bits per heavy atom. The number of likely N-dealkylation sites (N-methyl/N-ethyl adjacent to an activating group) is 1. The van der Waals surface area contributed by atoms with E-state index in [0.717, 1.165) is 86.3 Å². The van der Waals surface area contributed by atoms with Crippen molar-refractivity contribution in [1.29, 1.82) is 0 Å². The standard InChI is InChI=1S/C21H27N3O2/c1-2-24-11-9-19-17(14-24)20(16-7-3-4-8-18(16)23-19)21(25)22-15-6-5-12-26-13-10-15/h3-4,7-8,15H,2,5-6,9-14H2,1H3,(H,22,25). The number of hydrogen-bond acceptors (Lipinski definition) is 4. The average molecular weight is 353 g/mol. The number of benzene rings is 1. The first-order valence-corrected chi connectivity index (χ1v) is 9.77. The van der Waals surface area contributed by atoms with E-state index in [1.54, 1.807) is 0 Å². The van der Waals surface area contributed by atoms with Gasteiger partial charge in [0.05, 0.1) is 11.1 Å². The number of pyridine rings is 1. The quantitative estimate of drug-likeness (QED) is 0.922. The van der Waals surface area contributed by atoms with E-state index in [2.05, 4.69) is 17.1 Å². The summed E-state index contributed by atoms with van der Waals surface area (Å²) in [6.07, 6.45) is 3.78. The van der Waals surface area contributed by atoms with Crippen LogP contribution < -0.4 is 5.32 Å². The van der Waals surface area contributed by atoms with Crippen LogP contribution in [0.2, 0.25) is 0 Å². The summed E-state index contributed by atoms with van der Waals surface area (Å²) in [5.41, 5.74) is 3.95. The average Bonchev–Trinajstić information content (AvgIpc) is 2.94. The van der Waals surface area contributed by atoms with Gasteiger partial charge in [0.15, 0.2) is 0 Å². The van der Waals surface area contributed by atoms with Crippen LogP contribution in [0.15, 0.2) is 24.3 Å². The Morgan fingerprint density at radius 1 is 1.31 bits per heavy atom. The SMILES string of the molecule is CCN1CCc2nc3ccccc3c(C(=O)NC3CCCOCC3)c2C1. The van der Waals surface area contributed by atoms with Gasteiger partial charge in [-0.1, -0.05) is 25.1 Å². The van der Waals surface area contributed by atoms with Gasteiger partial charge in [-0.3, -0.25) is 14.7 Å². The number of fused-ring (bicyclic) bond motifs is 2. The first-order chi connectivity index (χ1) is 12.8. The smallest absolute Gasteiger partial charge is 0.252 e. The van der Waals surface area contributed by atoms with E-state index >= 15 is 0 Å². The molecule has 2 aromatic rings. The Labute approximate surface area is 154 Å². The number of hydrogen-bond donors (Lipinski definition) is 1. The van der Waals surface area contributed by atoms with E-state index in [-0.39, 0.29) is 11.9 Å². The van der Waals surface area contributed by atoms with E-state index < -0.39 is 0 Å². The number of carbonyl (C=O) groups excluding carboxylic acids is 1. The second-order valence-electron chi connectivity index (χ2n) is 7.26. The summed E-state index contributed by atoms with van der Waals surface area (Å²) in [4.78, 5) is 20.6. The molecule has 0 radical (unpaired) electrons. The Bertz CT molecular complexity index is 797. The lowest BCUT2D eigenvalue weighted by molar-refractivity contribution is 0.0928. The third-order valence-electron chi connectivity index (χ3n) is 5.59. The number of para-hydroxylation sites is 1. The molecular formula is C21H27N3O2. The van der Waals surface area contributed by atoms with Crippen molar-refractivity contribution in [2.45, 2.75) is 45.2 Å². The molecule has 0 saturated carbocycles. The highest BCUT2D eigenvalue weighted by Crippen LogP contribution is 2.28. The lowest BCUT2D eigenvalue weighted by atomic mass is 9.94. The maximum atomic E-state index is 13.3. The molecule has 1 aromatic carbocycles. The monoisotopic (exact) mass is 353 g/mol. The molecule has 26 heavy (non-hydrogen) atoms. The van der Waals surface area contributed by atoms with Crippen LogP contribution in [0.4, 0.5) is 0 Å². The number of nitrogens with zero attached hydrogens (tertiary/aromatic N) is 2. The number of rotatable bonds is 3. The molecule has 1 atom stereocenters. The third kappa shape index (κ3) is 3.46. The van der Waals surface area contributed by atoms with Gasteiger partial charge in [-0.25, -0.2) is 0 Å². The van der Waals surface area contributed by atoms with Crippen molar-refractivity contribution < 1.29 is 9.53 Å². The number of aromatic nitrogens is 1. The predicted molar refractivity (Wildman–Crippen MR) is 102 cm³/mol. The molecule has 1 N–H and O–H groups in total. The predicted octanol–water partition coefficient (Wildman–Crippen LogP) is 2.91. The van der Waals surface area contributed by atoms with Crippen LogP contribution >= 0.6 is 0 Å².